The molecule has 1 saturated heterocycles. The summed E-state index contributed by atoms with van der Waals surface area (Å²) in [7, 11) is 1.65. The molecule has 1 aromatic heterocycles. The van der Waals surface area contributed by atoms with Crippen LogP contribution in [0.5, 0.6) is 11.5 Å². The molecule has 2 unspecified atom stereocenters. The highest BCUT2D eigenvalue weighted by Gasteiger charge is 2.42. The molecule has 1 aliphatic rings. The Morgan fingerprint density at radius 3 is 2.60 bits per heavy atom. The van der Waals surface area contributed by atoms with Crippen LogP contribution < -0.4 is 9.47 Å². The van der Waals surface area contributed by atoms with Crippen molar-refractivity contribution in [2.24, 2.45) is 0 Å². The summed E-state index contributed by atoms with van der Waals surface area (Å²) in [6, 6.07) is 15.9. The fourth-order valence-electron chi connectivity index (χ4n) is 3.50. The van der Waals surface area contributed by atoms with Gasteiger partial charge in [0, 0.05) is 23.3 Å². The van der Waals surface area contributed by atoms with Gasteiger partial charge >= 0.3 is 0 Å². The first kappa shape index (κ1) is 20.9. The van der Waals surface area contributed by atoms with Crippen molar-refractivity contribution in [1.29, 1.82) is 0 Å². The number of hydrogen-bond donors (Lipinski definition) is 0. The van der Waals surface area contributed by atoms with Gasteiger partial charge in [-0.15, -0.1) is 0 Å². The molecule has 0 amide bonds. The topological polar surface area (TPSA) is 54.7 Å². The van der Waals surface area contributed by atoms with Gasteiger partial charge in [0.05, 0.1) is 26.6 Å². The van der Waals surface area contributed by atoms with Crippen molar-refractivity contribution in [3.05, 3.63) is 77.3 Å². The van der Waals surface area contributed by atoms with E-state index in [-0.39, 0.29) is 6.10 Å². The minimum absolute atomic E-state index is 0.138. The second-order valence-corrected chi connectivity index (χ2v) is 8.23. The molecule has 6 nitrogen and oxygen atoms in total. The zero-order chi connectivity index (χ0) is 20.8. The van der Waals surface area contributed by atoms with Crippen LogP contribution >= 0.6 is 15.9 Å². The van der Waals surface area contributed by atoms with Crippen LogP contribution in [0.4, 0.5) is 0 Å². The van der Waals surface area contributed by atoms with Crippen LogP contribution in [0.15, 0.2) is 71.7 Å². The van der Waals surface area contributed by atoms with Crippen molar-refractivity contribution in [1.82, 2.24) is 9.55 Å². The number of hydrogen-bond acceptors (Lipinski definition) is 5. The number of aromatic nitrogens is 2. The van der Waals surface area contributed by atoms with E-state index in [1.807, 2.05) is 35.0 Å². The van der Waals surface area contributed by atoms with Crippen LogP contribution in [0.25, 0.3) is 0 Å². The van der Waals surface area contributed by atoms with Gasteiger partial charge in [-0.05, 0) is 48.4 Å². The van der Waals surface area contributed by atoms with E-state index < -0.39 is 5.79 Å². The molecule has 158 valence electrons. The van der Waals surface area contributed by atoms with Crippen LogP contribution in [0.3, 0.4) is 0 Å². The van der Waals surface area contributed by atoms with Crippen molar-refractivity contribution >= 4 is 15.9 Å². The molecule has 2 heterocycles. The number of methoxy groups -OCH3 is 1. The molecule has 3 aromatic rings. The fraction of sp³-hybridized carbons (Fsp3) is 0.348. The van der Waals surface area contributed by atoms with Crippen molar-refractivity contribution < 1.29 is 18.9 Å². The van der Waals surface area contributed by atoms with Crippen molar-refractivity contribution in [3.63, 3.8) is 0 Å². The Hall–Kier alpha value is -2.35. The second-order valence-electron chi connectivity index (χ2n) is 7.31. The lowest BCUT2D eigenvalue weighted by atomic mass is 10.0. The van der Waals surface area contributed by atoms with Gasteiger partial charge in [0.25, 0.3) is 0 Å². The normalized spacial score (nSPS) is 20.9. The van der Waals surface area contributed by atoms with E-state index in [1.165, 1.54) is 5.56 Å². The Bertz CT molecular complexity index is 915. The summed E-state index contributed by atoms with van der Waals surface area (Å²) >= 11 is 3.49. The maximum Gasteiger partial charge on any atom is 0.187 e. The Labute approximate surface area is 184 Å². The molecule has 0 saturated carbocycles. The second kappa shape index (κ2) is 9.64. The number of aryl methyl sites for hydroxylation is 1. The van der Waals surface area contributed by atoms with E-state index in [4.69, 9.17) is 18.9 Å². The summed E-state index contributed by atoms with van der Waals surface area (Å²) in [4.78, 5) is 4.14. The van der Waals surface area contributed by atoms with Gasteiger partial charge in [-0.3, -0.25) is 0 Å². The van der Waals surface area contributed by atoms with Gasteiger partial charge in [0.2, 0.25) is 0 Å². The standard InChI is InChI=1S/C23H25BrN2O4/c1-27-20-6-8-21(9-7-20)28-14-22-15-29-23(30-22,16-26-13-12-25-17-26)11-10-18-2-4-19(24)5-3-18/h2-9,12-13,17,22H,10-11,14-16H2,1H3. The highest BCUT2D eigenvalue weighted by Crippen LogP contribution is 2.31. The number of ether oxygens (including phenoxy) is 4. The molecule has 4 rings (SSSR count). The first-order chi connectivity index (χ1) is 14.6. The molecule has 0 bridgehead atoms. The zero-order valence-electron chi connectivity index (χ0n) is 16.9. The third-order valence-electron chi connectivity index (χ3n) is 5.10. The first-order valence-electron chi connectivity index (χ1n) is 9.93. The zero-order valence-corrected chi connectivity index (χ0v) is 18.5. The third-order valence-corrected chi connectivity index (χ3v) is 5.63. The molecule has 7 heteroatoms. The number of halogens is 1. The van der Waals surface area contributed by atoms with Gasteiger partial charge in [-0.25, -0.2) is 4.98 Å². The average molecular weight is 473 g/mol. The monoisotopic (exact) mass is 472 g/mol. The van der Waals surface area contributed by atoms with E-state index in [1.54, 1.807) is 19.6 Å². The van der Waals surface area contributed by atoms with E-state index >= 15 is 0 Å². The van der Waals surface area contributed by atoms with Gasteiger partial charge < -0.3 is 23.5 Å². The average Bonchev–Trinajstić information content (AvgIpc) is 3.43. The summed E-state index contributed by atoms with van der Waals surface area (Å²) in [6.07, 6.45) is 6.94. The third kappa shape index (κ3) is 5.41. The lowest BCUT2D eigenvalue weighted by molar-refractivity contribution is -0.184. The maximum atomic E-state index is 6.40. The smallest absolute Gasteiger partial charge is 0.187 e. The Morgan fingerprint density at radius 1 is 1.13 bits per heavy atom. The molecular weight excluding hydrogens is 448 g/mol. The molecule has 2 aromatic carbocycles. The van der Waals surface area contributed by atoms with E-state index in [2.05, 4.69) is 45.2 Å². The minimum Gasteiger partial charge on any atom is -0.497 e. The number of rotatable bonds is 9. The molecule has 0 aliphatic carbocycles. The molecular formula is C23H25BrN2O4. The van der Waals surface area contributed by atoms with Crippen molar-refractivity contribution in [2.45, 2.75) is 31.3 Å². The Balaban J connectivity index is 1.39. The number of imidazole rings is 1. The molecule has 0 radical (unpaired) electrons. The molecule has 2 atom stereocenters. The molecule has 1 aliphatic heterocycles. The van der Waals surface area contributed by atoms with Crippen LogP contribution in [0.2, 0.25) is 0 Å². The maximum absolute atomic E-state index is 6.40. The molecule has 1 fully saturated rings. The van der Waals surface area contributed by atoms with Crippen LogP contribution in [-0.2, 0) is 22.4 Å². The van der Waals surface area contributed by atoms with Crippen molar-refractivity contribution in [2.75, 3.05) is 20.3 Å². The lowest BCUT2D eigenvalue weighted by Gasteiger charge is -2.28. The summed E-state index contributed by atoms with van der Waals surface area (Å²) in [6.45, 7) is 1.50. The fourth-order valence-corrected chi connectivity index (χ4v) is 3.76. The van der Waals surface area contributed by atoms with Gasteiger partial charge in [-0.1, -0.05) is 28.1 Å². The summed E-state index contributed by atoms with van der Waals surface area (Å²) in [5.41, 5.74) is 1.24. The molecule has 0 N–H and O–H groups in total. The van der Waals surface area contributed by atoms with Gasteiger partial charge in [0.15, 0.2) is 5.79 Å². The highest BCUT2D eigenvalue weighted by atomic mass is 79.9. The predicted octanol–water partition coefficient (Wildman–Crippen LogP) is 4.48. The lowest BCUT2D eigenvalue weighted by Crippen LogP contribution is -2.37. The molecule has 30 heavy (non-hydrogen) atoms. The van der Waals surface area contributed by atoms with Crippen LogP contribution in [0.1, 0.15) is 12.0 Å². The summed E-state index contributed by atoms with van der Waals surface area (Å²) < 4.78 is 26.8. The predicted molar refractivity (Wildman–Crippen MR) is 117 cm³/mol. The van der Waals surface area contributed by atoms with E-state index in [9.17, 15) is 0 Å². The number of benzene rings is 2. The molecule has 0 spiro atoms. The summed E-state index contributed by atoms with van der Waals surface area (Å²) in [5, 5.41) is 0. The largest absolute Gasteiger partial charge is 0.497 e. The minimum atomic E-state index is -0.707. The van der Waals surface area contributed by atoms with Crippen molar-refractivity contribution in [3.8, 4) is 11.5 Å². The van der Waals surface area contributed by atoms with E-state index in [0.29, 0.717) is 19.8 Å². The van der Waals surface area contributed by atoms with Crippen LogP contribution in [-0.4, -0.2) is 41.8 Å². The summed E-state index contributed by atoms with van der Waals surface area (Å²) in [5.74, 6) is 0.873. The Kier molecular flexibility index (Phi) is 6.72. The van der Waals surface area contributed by atoms with E-state index in [0.717, 1.165) is 28.8 Å². The highest BCUT2D eigenvalue weighted by molar-refractivity contribution is 9.10. The van der Waals surface area contributed by atoms with Crippen LogP contribution in [0, 0.1) is 0 Å². The SMILES string of the molecule is COc1ccc(OCC2COC(CCc3ccc(Br)cc3)(Cn3ccnc3)O2)cc1. The van der Waals surface area contributed by atoms with Gasteiger partial charge in [-0.2, -0.15) is 0 Å². The quantitative estimate of drug-likeness (QED) is 0.459. The first-order valence-corrected chi connectivity index (χ1v) is 10.7. The number of nitrogens with zero attached hydrogens (tertiary/aromatic N) is 2. The van der Waals surface area contributed by atoms with Gasteiger partial charge in [0.1, 0.15) is 24.2 Å². The Morgan fingerprint density at radius 2 is 1.90 bits per heavy atom.